The van der Waals surface area contributed by atoms with Crippen molar-refractivity contribution in [3.63, 3.8) is 0 Å². The van der Waals surface area contributed by atoms with Gasteiger partial charge in [0.15, 0.2) is 0 Å². The van der Waals surface area contributed by atoms with Gasteiger partial charge in [-0.2, -0.15) is 0 Å². The van der Waals surface area contributed by atoms with Crippen molar-refractivity contribution < 1.29 is 4.79 Å². The lowest BCUT2D eigenvalue weighted by atomic mass is 10.3. The summed E-state index contributed by atoms with van der Waals surface area (Å²) in [6.07, 6.45) is 2.98. The maximum absolute atomic E-state index is 12.1. The standard InChI is InChI=1S/C14H15NOS2/c1-3-10-8-9-13(18-10)14(16)15-11-6-4-5-7-12(11)17-2/h4-9H,3H2,1-2H3,(H,15,16). The van der Waals surface area contributed by atoms with Crippen molar-refractivity contribution in [1.82, 2.24) is 0 Å². The molecule has 1 amide bonds. The van der Waals surface area contributed by atoms with Crippen molar-refractivity contribution in [2.24, 2.45) is 0 Å². The van der Waals surface area contributed by atoms with Crippen molar-refractivity contribution in [2.45, 2.75) is 18.2 Å². The van der Waals surface area contributed by atoms with Crippen LogP contribution >= 0.6 is 23.1 Å². The molecule has 1 aromatic heterocycles. The van der Waals surface area contributed by atoms with E-state index < -0.39 is 0 Å². The van der Waals surface area contributed by atoms with E-state index in [1.807, 2.05) is 42.7 Å². The van der Waals surface area contributed by atoms with Gasteiger partial charge in [0.25, 0.3) is 5.91 Å². The van der Waals surface area contributed by atoms with Crippen LogP contribution in [-0.4, -0.2) is 12.2 Å². The van der Waals surface area contributed by atoms with E-state index in [2.05, 4.69) is 12.2 Å². The quantitative estimate of drug-likeness (QED) is 0.845. The molecule has 1 N–H and O–H groups in total. The number of para-hydroxylation sites is 1. The summed E-state index contributed by atoms with van der Waals surface area (Å²) < 4.78 is 0. The molecule has 0 aliphatic rings. The highest BCUT2D eigenvalue weighted by Gasteiger charge is 2.10. The number of hydrogen-bond acceptors (Lipinski definition) is 3. The van der Waals surface area contributed by atoms with Crippen LogP contribution in [-0.2, 0) is 6.42 Å². The van der Waals surface area contributed by atoms with Crippen LogP contribution in [0.3, 0.4) is 0 Å². The van der Waals surface area contributed by atoms with Crippen molar-refractivity contribution in [1.29, 1.82) is 0 Å². The molecule has 4 heteroatoms. The minimum absolute atomic E-state index is 0.0267. The van der Waals surface area contributed by atoms with Crippen LogP contribution in [0.2, 0.25) is 0 Å². The number of nitrogens with one attached hydrogen (secondary N) is 1. The summed E-state index contributed by atoms with van der Waals surface area (Å²) in [7, 11) is 0. The number of thioether (sulfide) groups is 1. The Morgan fingerprint density at radius 1 is 1.28 bits per heavy atom. The Morgan fingerprint density at radius 3 is 2.72 bits per heavy atom. The first-order chi connectivity index (χ1) is 8.74. The van der Waals surface area contributed by atoms with E-state index in [1.165, 1.54) is 4.88 Å². The van der Waals surface area contributed by atoms with E-state index in [-0.39, 0.29) is 5.91 Å². The summed E-state index contributed by atoms with van der Waals surface area (Å²) in [5.41, 5.74) is 0.876. The predicted molar refractivity (Wildman–Crippen MR) is 79.9 cm³/mol. The Balaban J connectivity index is 2.16. The number of thiophene rings is 1. The van der Waals surface area contributed by atoms with Crippen LogP contribution in [0, 0.1) is 0 Å². The van der Waals surface area contributed by atoms with E-state index in [4.69, 9.17) is 0 Å². The molecule has 0 bridgehead atoms. The average molecular weight is 277 g/mol. The molecule has 0 unspecified atom stereocenters. The summed E-state index contributed by atoms with van der Waals surface area (Å²) in [6, 6.07) is 11.7. The number of amides is 1. The van der Waals surface area contributed by atoms with Crippen LogP contribution in [0.4, 0.5) is 5.69 Å². The number of rotatable bonds is 4. The van der Waals surface area contributed by atoms with Crippen LogP contribution in [0.15, 0.2) is 41.3 Å². The monoisotopic (exact) mass is 277 g/mol. The van der Waals surface area contributed by atoms with E-state index in [9.17, 15) is 4.79 Å². The smallest absolute Gasteiger partial charge is 0.265 e. The lowest BCUT2D eigenvalue weighted by Crippen LogP contribution is -2.10. The van der Waals surface area contributed by atoms with Crippen molar-refractivity contribution in [3.8, 4) is 0 Å². The van der Waals surface area contributed by atoms with E-state index in [1.54, 1.807) is 23.1 Å². The molecule has 0 fully saturated rings. The largest absolute Gasteiger partial charge is 0.320 e. The minimum atomic E-state index is -0.0267. The van der Waals surface area contributed by atoms with Crippen LogP contribution in [0.5, 0.6) is 0 Å². The Morgan fingerprint density at radius 2 is 2.06 bits per heavy atom. The summed E-state index contributed by atoms with van der Waals surface area (Å²) in [5, 5.41) is 2.97. The molecule has 18 heavy (non-hydrogen) atoms. The molecular formula is C14H15NOS2. The first-order valence-corrected chi connectivity index (χ1v) is 7.81. The zero-order valence-electron chi connectivity index (χ0n) is 10.4. The fraction of sp³-hybridized carbons (Fsp3) is 0.214. The number of carbonyl (C=O) groups is 1. The molecule has 0 spiro atoms. The number of aryl methyl sites for hydroxylation is 1. The third-order valence-electron chi connectivity index (χ3n) is 2.59. The zero-order chi connectivity index (χ0) is 13.0. The molecule has 2 aromatic rings. The molecule has 1 aromatic carbocycles. The molecule has 0 saturated carbocycles. The van der Waals surface area contributed by atoms with Crippen LogP contribution in [0.1, 0.15) is 21.5 Å². The number of hydrogen-bond donors (Lipinski definition) is 1. The van der Waals surface area contributed by atoms with Gasteiger partial charge in [0, 0.05) is 9.77 Å². The number of anilines is 1. The van der Waals surface area contributed by atoms with E-state index >= 15 is 0 Å². The summed E-state index contributed by atoms with van der Waals surface area (Å²) in [5.74, 6) is -0.0267. The highest BCUT2D eigenvalue weighted by atomic mass is 32.2. The Hall–Kier alpha value is -1.26. The first kappa shape index (κ1) is 13.2. The van der Waals surface area contributed by atoms with Crippen molar-refractivity contribution in [2.75, 3.05) is 11.6 Å². The zero-order valence-corrected chi connectivity index (χ0v) is 12.0. The van der Waals surface area contributed by atoms with Crippen LogP contribution in [0.25, 0.3) is 0 Å². The maximum atomic E-state index is 12.1. The Kier molecular flexibility index (Phi) is 4.44. The molecule has 0 radical (unpaired) electrons. The average Bonchev–Trinajstić information content (AvgIpc) is 2.88. The summed E-state index contributed by atoms with van der Waals surface area (Å²) in [4.78, 5) is 15.2. The van der Waals surface area contributed by atoms with Crippen molar-refractivity contribution in [3.05, 3.63) is 46.2 Å². The first-order valence-electron chi connectivity index (χ1n) is 5.77. The van der Waals surface area contributed by atoms with Gasteiger partial charge in [-0.25, -0.2) is 0 Å². The number of benzene rings is 1. The van der Waals surface area contributed by atoms with Gasteiger partial charge in [-0.3, -0.25) is 4.79 Å². The van der Waals surface area contributed by atoms with Gasteiger partial charge in [0.2, 0.25) is 0 Å². The van der Waals surface area contributed by atoms with Gasteiger partial charge in [-0.15, -0.1) is 23.1 Å². The molecule has 0 saturated heterocycles. The second kappa shape index (κ2) is 6.07. The molecule has 2 rings (SSSR count). The lowest BCUT2D eigenvalue weighted by Gasteiger charge is -2.07. The van der Waals surface area contributed by atoms with Gasteiger partial charge in [-0.1, -0.05) is 19.1 Å². The van der Waals surface area contributed by atoms with Gasteiger partial charge >= 0.3 is 0 Å². The maximum Gasteiger partial charge on any atom is 0.265 e. The molecular weight excluding hydrogens is 262 g/mol. The number of carbonyl (C=O) groups excluding carboxylic acids is 1. The van der Waals surface area contributed by atoms with Gasteiger partial charge in [0.05, 0.1) is 10.6 Å². The van der Waals surface area contributed by atoms with E-state index in [0.717, 1.165) is 21.9 Å². The summed E-state index contributed by atoms with van der Waals surface area (Å²) in [6.45, 7) is 2.09. The molecule has 2 nitrogen and oxygen atoms in total. The Labute approximate surface area is 115 Å². The molecule has 0 atom stereocenters. The Bertz CT molecular complexity index is 548. The second-order valence-electron chi connectivity index (χ2n) is 3.77. The van der Waals surface area contributed by atoms with Gasteiger partial charge in [-0.05, 0) is 36.9 Å². The molecule has 94 valence electrons. The highest BCUT2D eigenvalue weighted by molar-refractivity contribution is 7.98. The SMILES string of the molecule is CCc1ccc(C(=O)Nc2ccccc2SC)s1. The van der Waals surface area contributed by atoms with E-state index in [0.29, 0.717) is 0 Å². The molecule has 0 aliphatic heterocycles. The third-order valence-corrected chi connectivity index (χ3v) is 4.61. The van der Waals surface area contributed by atoms with Gasteiger partial charge < -0.3 is 5.32 Å². The molecule has 0 aliphatic carbocycles. The second-order valence-corrected chi connectivity index (χ2v) is 5.79. The molecule has 1 heterocycles. The topological polar surface area (TPSA) is 29.1 Å². The fourth-order valence-corrected chi connectivity index (χ4v) is 3.02. The van der Waals surface area contributed by atoms with Crippen LogP contribution < -0.4 is 5.32 Å². The fourth-order valence-electron chi connectivity index (χ4n) is 1.62. The normalized spacial score (nSPS) is 10.3. The predicted octanol–water partition coefficient (Wildman–Crippen LogP) is 4.28. The van der Waals surface area contributed by atoms with Gasteiger partial charge in [0.1, 0.15) is 0 Å². The lowest BCUT2D eigenvalue weighted by molar-refractivity contribution is 0.103. The third kappa shape index (κ3) is 2.94. The van der Waals surface area contributed by atoms with Crippen molar-refractivity contribution >= 4 is 34.7 Å². The minimum Gasteiger partial charge on any atom is -0.320 e. The summed E-state index contributed by atoms with van der Waals surface area (Å²) >= 11 is 3.19. The highest BCUT2D eigenvalue weighted by Crippen LogP contribution is 2.26.